The second-order valence-corrected chi connectivity index (χ2v) is 9.77. The van der Waals surface area contributed by atoms with Gasteiger partial charge in [0.05, 0.1) is 16.3 Å². The highest BCUT2D eigenvalue weighted by Crippen LogP contribution is 2.32. The molecule has 1 unspecified atom stereocenters. The first-order valence-electron chi connectivity index (χ1n) is 10.8. The van der Waals surface area contributed by atoms with Gasteiger partial charge in [0.15, 0.2) is 0 Å². The molecule has 0 spiro atoms. The lowest BCUT2D eigenvalue weighted by atomic mass is 10.0. The highest BCUT2D eigenvalue weighted by molar-refractivity contribution is 7.89. The van der Waals surface area contributed by atoms with Crippen molar-refractivity contribution >= 4 is 27.3 Å². The quantitative estimate of drug-likeness (QED) is 0.647. The van der Waals surface area contributed by atoms with Gasteiger partial charge in [-0.25, -0.2) is 8.42 Å². The SMILES string of the molecule is CCN(CC)S(=O)(=O)c1ccc(N2CCCCC2)c(NC(=O)CC2C=CCC2)c1. The first-order valence-corrected chi connectivity index (χ1v) is 12.2. The second kappa shape index (κ2) is 9.76. The van der Waals surface area contributed by atoms with E-state index in [2.05, 4.69) is 22.4 Å². The van der Waals surface area contributed by atoms with Crippen LogP contribution in [0.15, 0.2) is 35.2 Å². The van der Waals surface area contributed by atoms with Crippen LogP contribution in [0, 0.1) is 5.92 Å². The monoisotopic (exact) mass is 419 g/mol. The highest BCUT2D eigenvalue weighted by Gasteiger charge is 2.25. The van der Waals surface area contributed by atoms with E-state index in [1.165, 1.54) is 10.7 Å². The summed E-state index contributed by atoms with van der Waals surface area (Å²) >= 11 is 0. The Bertz CT molecular complexity index is 841. The van der Waals surface area contributed by atoms with Gasteiger partial charge in [-0.05, 0) is 56.2 Å². The van der Waals surface area contributed by atoms with Gasteiger partial charge in [-0.1, -0.05) is 26.0 Å². The Morgan fingerprint density at radius 3 is 2.52 bits per heavy atom. The number of rotatable bonds is 8. The van der Waals surface area contributed by atoms with Crippen LogP contribution in [0.4, 0.5) is 11.4 Å². The highest BCUT2D eigenvalue weighted by atomic mass is 32.2. The summed E-state index contributed by atoms with van der Waals surface area (Å²) < 4.78 is 27.4. The normalized spacial score (nSPS) is 19.7. The van der Waals surface area contributed by atoms with E-state index >= 15 is 0 Å². The van der Waals surface area contributed by atoms with Crippen molar-refractivity contribution in [1.82, 2.24) is 4.31 Å². The summed E-state index contributed by atoms with van der Waals surface area (Å²) in [6, 6.07) is 5.17. The smallest absolute Gasteiger partial charge is 0.243 e. The van der Waals surface area contributed by atoms with Crippen molar-refractivity contribution in [3.63, 3.8) is 0 Å². The predicted octanol–water partition coefficient (Wildman–Crippen LogP) is 4.00. The number of amides is 1. The third-order valence-electron chi connectivity index (χ3n) is 5.84. The molecular formula is C22H33N3O3S. The van der Waals surface area contributed by atoms with Gasteiger partial charge in [0.1, 0.15) is 0 Å². The van der Waals surface area contributed by atoms with Gasteiger partial charge >= 0.3 is 0 Å². The Kier molecular flexibility index (Phi) is 7.35. The van der Waals surface area contributed by atoms with Crippen molar-refractivity contribution in [2.24, 2.45) is 5.92 Å². The number of nitrogens with zero attached hydrogens (tertiary/aromatic N) is 2. The maximum Gasteiger partial charge on any atom is 0.243 e. The minimum Gasteiger partial charge on any atom is -0.370 e. The van der Waals surface area contributed by atoms with Gasteiger partial charge in [0, 0.05) is 32.6 Å². The average molecular weight is 420 g/mol. The lowest BCUT2D eigenvalue weighted by Gasteiger charge is -2.31. The van der Waals surface area contributed by atoms with Crippen molar-refractivity contribution in [2.45, 2.75) is 57.3 Å². The minimum atomic E-state index is -3.58. The van der Waals surface area contributed by atoms with Gasteiger partial charge in [0.2, 0.25) is 15.9 Å². The van der Waals surface area contributed by atoms with E-state index in [1.54, 1.807) is 12.1 Å². The number of piperidine rings is 1. The molecule has 0 aromatic heterocycles. The zero-order valence-electron chi connectivity index (χ0n) is 17.6. The Balaban J connectivity index is 1.90. The van der Waals surface area contributed by atoms with Crippen molar-refractivity contribution in [3.05, 3.63) is 30.4 Å². The summed E-state index contributed by atoms with van der Waals surface area (Å²) in [5.74, 6) is 0.216. The van der Waals surface area contributed by atoms with Gasteiger partial charge in [-0.2, -0.15) is 4.31 Å². The van der Waals surface area contributed by atoms with E-state index < -0.39 is 10.0 Å². The van der Waals surface area contributed by atoms with Crippen LogP contribution in [0.5, 0.6) is 0 Å². The Hall–Kier alpha value is -1.86. The number of hydrogen-bond donors (Lipinski definition) is 1. The molecule has 3 rings (SSSR count). The summed E-state index contributed by atoms with van der Waals surface area (Å²) in [5, 5.41) is 3.02. The Labute approximate surface area is 175 Å². The minimum absolute atomic E-state index is 0.0582. The Morgan fingerprint density at radius 1 is 1.17 bits per heavy atom. The molecule has 1 aliphatic heterocycles. The molecule has 1 aliphatic carbocycles. The summed E-state index contributed by atoms with van der Waals surface area (Å²) in [7, 11) is -3.58. The Morgan fingerprint density at radius 2 is 1.90 bits per heavy atom. The molecule has 7 heteroatoms. The molecule has 160 valence electrons. The fourth-order valence-electron chi connectivity index (χ4n) is 4.20. The maximum absolute atomic E-state index is 13.0. The molecule has 1 amide bonds. The third kappa shape index (κ3) is 5.20. The molecule has 1 fully saturated rings. The standard InChI is InChI=1S/C22H33N3O3S/c1-3-25(4-2)29(27,28)19-12-13-21(24-14-8-5-9-15-24)20(17-19)23-22(26)16-18-10-6-7-11-18/h6,10,12-13,17-18H,3-5,7-9,11,14-16H2,1-2H3,(H,23,26). The largest absolute Gasteiger partial charge is 0.370 e. The van der Waals surface area contributed by atoms with Crippen LogP contribution >= 0.6 is 0 Å². The number of carbonyl (C=O) groups is 1. The van der Waals surface area contributed by atoms with Crippen LogP contribution in [0.1, 0.15) is 52.4 Å². The van der Waals surface area contributed by atoms with E-state index in [0.29, 0.717) is 25.2 Å². The maximum atomic E-state index is 13.0. The molecule has 29 heavy (non-hydrogen) atoms. The number of nitrogens with one attached hydrogen (secondary N) is 1. The van der Waals surface area contributed by atoms with Crippen LogP contribution in [-0.4, -0.2) is 44.8 Å². The fraction of sp³-hybridized carbons (Fsp3) is 0.591. The van der Waals surface area contributed by atoms with Crippen molar-refractivity contribution in [1.29, 1.82) is 0 Å². The number of allylic oxidation sites excluding steroid dienone is 2. The van der Waals surface area contributed by atoms with E-state index in [1.807, 2.05) is 19.9 Å². The summed E-state index contributed by atoms with van der Waals surface area (Å²) in [5.41, 5.74) is 1.52. The van der Waals surface area contributed by atoms with E-state index in [-0.39, 0.29) is 16.7 Å². The van der Waals surface area contributed by atoms with Gasteiger partial charge in [-0.3, -0.25) is 4.79 Å². The molecule has 0 saturated carbocycles. The molecule has 1 atom stereocenters. The van der Waals surface area contributed by atoms with Gasteiger partial charge in [0.25, 0.3) is 0 Å². The molecule has 1 N–H and O–H groups in total. The number of sulfonamides is 1. The van der Waals surface area contributed by atoms with Crippen LogP contribution in [-0.2, 0) is 14.8 Å². The van der Waals surface area contributed by atoms with E-state index in [4.69, 9.17) is 0 Å². The van der Waals surface area contributed by atoms with Gasteiger partial charge < -0.3 is 10.2 Å². The third-order valence-corrected chi connectivity index (χ3v) is 7.89. The molecule has 1 saturated heterocycles. The number of anilines is 2. The lowest BCUT2D eigenvalue weighted by Crippen LogP contribution is -2.32. The zero-order valence-corrected chi connectivity index (χ0v) is 18.4. The first kappa shape index (κ1) is 21.8. The average Bonchev–Trinajstić information content (AvgIpc) is 3.22. The lowest BCUT2D eigenvalue weighted by molar-refractivity contribution is -0.116. The summed E-state index contributed by atoms with van der Waals surface area (Å²) in [6.07, 6.45) is 10.1. The fourth-order valence-corrected chi connectivity index (χ4v) is 5.69. The zero-order chi connectivity index (χ0) is 20.9. The van der Waals surface area contributed by atoms with Crippen LogP contribution < -0.4 is 10.2 Å². The molecule has 0 bridgehead atoms. The summed E-state index contributed by atoms with van der Waals surface area (Å²) in [4.78, 5) is 15.2. The van der Waals surface area contributed by atoms with Crippen molar-refractivity contribution < 1.29 is 13.2 Å². The van der Waals surface area contributed by atoms with Crippen LogP contribution in [0.2, 0.25) is 0 Å². The molecule has 1 aromatic carbocycles. The topological polar surface area (TPSA) is 69.7 Å². The van der Waals surface area contributed by atoms with Crippen LogP contribution in [0.25, 0.3) is 0 Å². The number of benzene rings is 1. The molecule has 2 aliphatic rings. The second-order valence-electron chi connectivity index (χ2n) is 7.83. The summed E-state index contributed by atoms with van der Waals surface area (Å²) in [6.45, 7) is 6.36. The van der Waals surface area contributed by atoms with Crippen molar-refractivity contribution in [2.75, 3.05) is 36.4 Å². The number of hydrogen-bond acceptors (Lipinski definition) is 4. The molecule has 1 aromatic rings. The molecule has 0 radical (unpaired) electrons. The molecule has 6 nitrogen and oxygen atoms in total. The van der Waals surface area contributed by atoms with Gasteiger partial charge in [-0.15, -0.1) is 0 Å². The predicted molar refractivity (Wildman–Crippen MR) is 118 cm³/mol. The van der Waals surface area contributed by atoms with E-state index in [9.17, 15) is 13.2 Å². The van der Waals surface area contributed by atoms with E-state index in [0.717, 1.165) is 44.5 Å². The molecule has 1 heterocycles. The molecular weight excluding hydrogens is 386 g/mol. The van der Waals surface area contributed by atoms with Crippen molar-refractivity contribution in [3.8, 4) is 0 Å². The van der Waals surface area contributed by atoms with Crippen LogP contribution in [0.3, 0.4) is 0 Å². The first-order chi connectivity index (χ1) is 14.0. The number of carbonyl (C=O) groups excluding carboxylic acids is 1.